The van der Waals surface area contributed by atoms with Crippen molar-refractivity contribution < 1.29 is 18.0 Å². The van der Waals surface area contributed by atoms with Crippen LogP contribution in [0.2, 0.25) is 0 Å². The van der Waals surface area contributed by atoms with E-state index in [4.69, 9.17) is 0 Å². The highest BCUT2D eigenvalue weighted by atomic mass is 32.2. The van der Waals surface area contributed by atoms with Crippen molar-refractivity contribution in [2.75, 3.05) is 0 Å². The first-order valence-corrected chi connectivity index (χ1v) is 13.2. The molecule has 0 atom stereocenters. The number of allylic oxidation sites excluding steroid dienone is 3. The Balaban J connectivity index is 0.00000112. The minimum atomic E-state index is -0.636. The van der Waals surface area contributed by atoms with Gasteiger partial charge < -0.3 is 5.32 Å². The Labute approximate surface area is 225 Å². The summed E-state index contributed by atoms with van der Waals surface area (Å²) in [5.74, 6) is -1.86. The number of aromatic nitrogens is 3. The van der Waals surface area contributed by atoms with Gasteiger partial charge in [-0.2, -0.15) is 0 Å². The van der Waals surface area contributed by atoms with Gasteiger partial charge in [0.1, 0.15) is 23.2 Å². The second kappa shape index (κ2) is 20.1. The average Bonchev–Trinajstić information content (AvgIpc) is 3.34. The quantitative estimate of drug-likeness (QED) is 0.224. The van der Waals surface area contributed by atoms with Crippen LogP contribution < -0.4 is 10.0 Å². The summed E-state index contributed by atoms with van der Waals surface area (Å²) in [5, 5.41) is 3.70. The zero-order chi connectivity index (χ0) is 28.2. The Morgan fingerprint density at radius 2 is 1.68 bits per heavy atom. The van der Waals surface area contributed by atoms with E-state index in [9.17, 15) is 18.0 Å². The molecule has 0 saturated carbocycles. The lowest BCUT2D eigenvalue weighted by molar-refractivity contribution is 0.0946. The van der Waals surface area contributed by atoms with E-state index in [2.05, 4.69) is 31.6 Å². The van der Waals surface area contributed by atoms with E-state index < -0.39 is 11.6 Å². The van der Waals surface area contributed by atoms with Gasteiger partial charge in [0.2, 0.25) is 0 Å². The van der Waals surface area contributed by atoms with Gasteiger partial charge in [0.15, 0.2) is 0 Å². The number of rotatable bonds is 8. The molecule has 0 fully saturated rings. The molecule has 202 valence electrons. The van der Waals surface area contributed by atoms with E-state index in [0.717, 1.165) is 27.9 Å². The zero-order valence-electron chi connectivity index (χ0n) is 21.9. The van der Waals surface area contributed by atoms with E-state index in [1.54, 1.807) is 13.1 Å². The fourth-order valence-corrected chi connectivity index (χ4v) is 3.67. The molecule has 0 spiro atoms. The molecule has 0 unspecified atom stereocenters. The molecule has 3 aromatic rings. The normalized spacial score (nSPS) is 10.0. The lowest BCUT2D eigenvalue weighted by atomic mass is 10.3. The summed E-state index contributed by atoms with van der Waals surface area (Å²) in [7, 11) is 0. The van der Waals surface area contributed by atoms with E-state index in [-0.39, 0.29) is 17.4 Å². The van der Waals surface area contributed by atoms with Gasteiger partial charge in [-0.05, 0) is 44.0 Å². The number of aryl methyl sites for hydroxylation is 1. The number of amides is 1. The third-order valence-corrected chi connectivity index (χ3v) is 5.45. The number of halogens is 3. The van der Waals surface area contributed by atoms with Crippen LogP contribution in [0.4, 0.5) is 13.2 Å². The van der Waals surface area contributed by atoms with Crippen LogP contribution in [0.5, 0.6) is 0 Å². The molecular formula is C26H34F3N5OS2. The minimum absolute atomic E-state index is 0.208. The largest absolute Gasteiger partial charge is 0.346 e. The van der Waals surface area contributed by atoms with E-state index in [1.165, 1.54) is 48.0 Å². The molecule has 2 aromatic heterocycles. The molecule has 0 radical (unpaired) electrons. The number of carbonyl (C=O) groups excluding carboxylic acids is 1. The first-order valence-electron chi connectivity index (χ1n) is 11.6. The van der Waals surface area contributed by atoms with Gasteiger partial charge in [-0.3, -0.25) is 14.5 Å². The van der Waals surface area contributed by atoms with Gasteiger partial charge in [0, 0.05) is 22.0 Å². The molecule has 0 aliphatic carbocycles. The number of nitrogens with one attached hydrogen (secondary N) is 2. The predicted octanol–water partition coefficient (Wildman–Crippen LogP) is 7.34. The summed E-state index contributed by atoms with van der Waals surface area (Å²) < 4.78 is 40.8. The van der Waals surface area contributed by atoms with Gasteiger partial charge in [-0.25, -0.2) is 23.1 Å². The van der Waals surface area contributed by atoms with Crippen LogP contribution in [0.15, 0.2) is 66.2 Å². The standard InChI is InChI=1S/C17H15F2N5OS2.C5H7F.2C2H6/c1-10-20-7-15(26-10)8-23-17(25)16-9-21-13(5-22-16)6-24-27-14-3-11(18)2-12(19)4-14;1-3-5(6)4-2;2*1-2/h2-5,7,9,24H,6,8H2,1H3,(H,23,25);3-4H,1H2,2H3;2*1-2H3/b;5-4+;;. The molecule has 6 nitrogen and oxygen atoms in total. The lowest BCUT2D eigenvalue weighted by Crippen LogP contribution is -2.23. The second-order valence-electron chi connectivity index (χ2n) is 6.33. The number of hydrogen-bond acceptors (Lipinski definition) is 7. The molecule has 1 amide bonds. The highest BCUT2D eigenvalue weighted by Gasteiger charge is 2.09. The summed E-state index contributed by atoms with van der Waals surface area (Å²) in [6.07, 6.45) is 7.11. The maximum atomic E-state index is 13.1. The number of nitrogens with zero attached hydrogens (tertiary/aromatic N) is 3. The fourth-order valence-electron chi connectivity index (χ4n) is 2.21. The minimum Gasteiger partial charge on any atom is -0.346 e. The van der Waals surface area contributed by atoms with Crippen LogP contribution in [-0.4, -0.2) is 20.9 Å². The van der Waals surface area contributed by atoms with Crippen molar-refractivity contribution in [1.29, 1.82) is 0 Å². The van der Waals surface area contributed by atoms with Gasteiger partial charge in [0.25, 0.3) is 5.91 Å². The number of thiazole rings is 1. The summed E-state index contributed by atoms with van der Waals surface area (Å²) in [6.45, 7) is 15.4. The molecular weight excluding hydrogens is 519 g/mol. The Morgan fingerprint density at radius 1 is 1.03 bits per heavy atom. The molecule has 1 aromatic carbocycles. The summed E-state index contributed by atoms with van der Waals surface area (Å²) in [4.78, 5) is 25.8. The van der Waals surface area contributed by atoms with E-state index in [1.807, 2.05) is 34.6 Å². The van der Waals surface area contributed by atoms with Gasteiger partial charge in [-0.1, -0.05) is 40.3 Å². The number of carbonyl (C=O) groups is 1. The second-order valence-corrected chi connectivity index (χ2v) is 8.61. The van der Waals surface area contributed by atoms with Crippen LogP contribution >= 0.6 is 23.3 Å². The average molecular weight is 554 g/mol. The molecule has 2 heterocycles. The first kappa shape index (κ1) is 34.0. The third-order valence-electron chi connectivity index (χ3n) is 3.78. The third kappa shape index (κ3) is 14.3. The van der Waals surface area contributed by atoms with Crippen LogP contribution in [-0.2, 0) is 13.1 Å². The monoisotopic (exact) mass is 553 g/mol. The van der Waals surface area contributed by atoms with Crippen LogP contribution in [0.3, 0.4) is 0 Å². The number of benzene rings is 1. The van der Waals surface area contributed by atoms with E-state index in [0.29, 0.717) is 23.7 Å². The fraction of sp³-hybridized carbons (Fsp3) is 0.308. The van der Waals surface area contributed by atoms with Crippen LogP contribution in [0.1, 0.15) is 60.7 Å². The molecule has 0 aliphatic rings. The molecule has 0 saturated heterocycles. The van der Waals surface area contributed by atoms with Gasteiger partial charge in [0.05, 0.1) is 36.2 Å². The smallest absolute Gasteiger partial charge is 0.271 e. The van der Waals surface area contributed by atoms with Gasteiger partial charge >= 0.3 is 0 Å². The Morgan fingerprint density at radius 3 is 2.14 bits per heavy atom. The molecule has 11 heteroatoms. The maximum absolute atomic E-state index is 13.1. The van der Waals surface area contributed by atoms with Crippen LogP contribution in [0, 0.1) is 18.6 Å². The van der Waals surface area contributed by atoms with Crippen molar-refractivity contribution in [2.24, 2.45) is 0 Å². The Bertz CT molecular complexity index is 1090. The highest BCUT2D eigenvalue weighted by molar-refractivity contribution is 7.97. The number of hydrogen-bond donors (Lipinski definition) is 2. The summed E-state index contributed by atoms with van der Waals surface area (Å²) >= 11 is 2.60. The molecule has 0 aliphatic heterocycles. The summed E-state index contributed by atoms with van der Waals surface area (Å²) in [5.41, 5.74) is 0.800. The molecule has 0 bridgehead atoms. The van der Waals surface area contributed by atoms with Crippen molar-refractivity contribution in [1.82, 2.24) is 25.0 Å². The molecule has 37 heavy (non-hydrogen) atoms. The van der Waals surface area contributed by atoms with Crippen LogP contribution in [0.25, 0.3) is 0 Å². The topological polar surface area (TPSA) is 79.8 Å². The highest BCUT2D eigenvalue weighted by Crippen LogP contribution is 2.18. The van der Waals surface area contributed by atoms with E-state index >= 15 is 0 Å². The lowest BCUT2D eigenvalue weighted by Gasteiger charge is -2.06. The predicted molar refractivity (Wildman–Crippen MR) is 147 cm³/mol. The van der Waals surface area contributed by atoms with Crippen molar-refractivity contribution >= 4 is 29.2 Å². The molecule has 3 rings (SSSR count). The molecule has 2 N–H and O–H groups in total. The SMILES string of the molecule is C=C/C(F)=C\C.CC.CC.Cc1ncc(CNC(=O)c2cnc(CNSc3cc(F)cc(F)c3)cn2)s1. The first-order chi connectivity index (χ1) is 17.8. The Kier molecular flexibility index (Phi) is 18.4. The van der Waals surface area contributed by atoms with Crippen molar-refractivity contribution in [2.45, 2.75) is 59.5 Å². The van der Waals surface area contributed by atoms with Gasteiger partial charge in [-0.15, -0.1) is 11.3 Å². The zero-order valence-corrected chi connectivity index (χ0v) is 23.6. The van der Waals surface area contributed by atoms with Crippen molar-refractivity contribution in [3.63, 3.8) is 0 Å². The Hall–Kier alpha value is -3.02. The summed E-state index contributed by atoms with van der Waals surface area (Å²) in [6, 6.07) is 3.27. The van der Waals surface area contributed by atoms with Crippen molar-refractivity contribution in [3.05, 3.63) is 94.3 Å². The van der Waals surface area contributed by atoms with Crippen molar-refractivity contribution in [3.8, 4) is 0 Å². The maximum Gasteiger partial charge on any atom is 0.271 e.